The summed E-state index contributed by atoms with van der Waals surface area (Å²) in [5, 5.41) is 12.2. The van der Waals surface area contributed by atoms with E-state index >= 15 is 0 Å². The molecule has 1 aromatic heterocycles. The Morgan fingerprint density at radius 1 is 1.00 bits per heavy atom. The number of thioether (sulfide) groups is 1. The topological polar surface area (TPSA) is 251 Å². The van der Waals surface area contributed by atoms with Crippen LogP contribution in [0.25, 0.3) is 6.08 Å². The van der Waals surface area contributed by atoms with Crippen LogP contribution < -0.4 is 32.7 Å². The lowest BCUT2D eigenvalue weighted by molar-refractivity contribution is -0.200. The number of urea groups is 1. The number of rotatable bonds is 27. The third-order valence-corrected chi connectivity index (χ3v) is 18.3. The Morgan fingerprint density at radius 2 is 1.65 bits per heavy atom. The number of nitrogen functional groups attached to an aromatic ring is 1. The first-order valence-electron chi connectivity index (χ1n) is 23.1. The van der Waals surface area contributed by atoms with Crippen molar-refractivity contribution in [3.8, 4) is 0 Å². The fourth-order valence-electron chi connectivity index (χ4n) is 8.72. The van der Waals surface area contributed by atoms with E-state index in [9.17, 15) is 24.0 Å². The van der Waals surface area contributed by atoms with Crippen LogP contribution in [0.2, 0.25) is 11.1 Å². The van der Waals surface area contributed by atoms with E-state index in [-0.39, 0.29) is 59.9 Å². The molecule has 0 saturated carbocycles. The number of carbonyl (C=O) groups is 4. The van der Waals surface area contributed by atoms with Gasteiger partial charge in [0.25, 0.3) is 0 Å². The van der Waals surface area contributed by atoms with Crippen LogP contribution in [-0.4, -0.2) is 148 Å². The van der Waals surface area contributed by atoms with Gasteiger partial charge < -0.3 is 64.3 Å². The molecule has 4 fully saturated rings. The normalized spacial score (nSPS) is 24.7. The van der Waals surface area contributed by atoms with E-state index in [1.54, 1.807) is 13.8 Å². The highest BCUT2D eigenvalue weighted by atomic mass is 32.2. The van der Waals surface area contributed by atoms with E-state index in [1.807, 2.05) is 25.6 Å². The number of methoxy groups -OCH3 is 1. The number of esters is 1. The highest BCUT2D eigenvalue weighted by Crippen LogP contribution is 2.45. The number of nitrogens with one attached hydrogen (secondary N) is 4. The van der Waals surface area contributed by atoms with E-state index < -0.39 is 56.1 Å². The first kappa shape index (κ1) is 53.3. The third kappa shape index (κ3) is 14.7. The molecule has 4 saturated heterocycles. The van der Waals surface area contributed by atoms with Gasteiger partial charge in [-0.3, -0.25) is 14.2 Å². The van der Waals surface area contributed by atoms with Gasteiger partial charge >= 0.3 is 26.3 Å². The number of nitrogens with zero attached hydrogens (tertiary/aromatic N) is 2. The van der Waals surface area contributed by atoms with Gasteiger partial charge in [0.05, 0.1) is 57.8 Å². The quantitative estimate of drug-likeness (QED) is 0.0279. The number of aromatic nitrogens is 2. The molecule has 7 atom stereocenters. The molecule has 22 heteroatoms. The number of amides is 4. The minimum Gasteiger partial charge on any atom is -0.466 e. The van der Waals surface area contributed by atoms with Crippen molar-refractivity contribution in [3.63, 3.8) is 0 Å². The van der Waals surface area contributed by atoms with Crippen molar-refractivity contribution in [2.75, 3.05) is 64.7 Å². The van der Waals surface area contributed by atoms with E-state index in [0.29, 0.717) is 63.2 Å². The number of hydrogen-bond acceptors (Lipinski definition) is 16. The van der Waals surface area contributed by atoms with E-state index in [0.717, 1.165) is 25.0 Å². The SMILES string of the molecule is COC(=O)/C=C/c1cn(C2O[C@H](CO[Si](OC(C)(C)CCC(=O)NCCOCCOCCNC(=O)CCCC[C@@H]3SC[C@H]4NC(=O)N[C@@H]34)(C(C)C)C(C)C)[C@@H]3OC(C)(C)O[C@H]23)c(=O)nc1N. The molecule has 0 aliphatic carbocycles. The molecule has 372 valence electrons. The molecule has 66 heavy (non-hydrogen) atoms. The van der Waals surface area contributed by atoms with Gasteiger partial charge in [-0.1, -0.05) is 34.1 Å². The maximum absolute atomic E-state index is 13.2. The van der Waals surface area contributed by atoms with Gasteiger partial charge in [0.2, 0.25) is 11.8 Å². The molecule has 1 unspecified atom stereocenters. The molecule has 5 rings (SSSR count). The third-order valence-electron chi connectivity index (χ3n) is 12.1. The van der Waals surface area contributed by atoms with E-state index in [2.05, 4.69) is 58.7 Å². The maximum atomic E-state index is 13.2. The average Bonchev–Trinajstić information content (AvgIpc) is 3.99. The summed E-state index contributed by atoms with van der Waals surface area (Å²) >= 11 is 1.88. The van der Waals surface area contributed by atoms with Gasteiger partial charge in [0, 0.05) is 54.8 Å². The summed E-state index contributed by atoms with van der Waals surface area (Å²) in [6.45, 7) is 18.1. The zero-order valence-electron chi connectivity index (χ0n) is 40.0. The fourth-order valence-corrected chi connectivity index (χ4v) is 14.2. The lowest BCUT2D eigenvalue weighted by Gasteiger charge is -2.44. The molecule has 6 N–H and O–H groups in total. The summed E-state index contributed by atoms with van der Waals surface area (Å²) in [4.78, 5) is 65.6. The Bertz CT molecular complexity index is 1890. The lowest BCUT2D eigenvalue weighted by Crippen LogP contribution is -2.55. The van der Waals surface area contributed by atoms with E-state index in [1.165, 1.54) is 30.0 Å². The predicted octanol–water partition coefficient (Wildman–Crippen LogP) is 3.27. The Morgan fingerprint density at radius 3 is 2.30 bits per heavy atom. The van der Waals surface area contributed by atoms with Crippen molar-refractivity contribution >= 4 is 56.0 Å². The fraction of sp³-hybridized carbons (Fsp3) is 0.773. The van der Waals surface area contributed by atoms with Crippen LogP contribution in [0.4, 0.5) is 10.6 Å². The van der Waals surface area contributed by atoms with Gasteiger partial charge in [-0.15, -0.1) is 0 Å². The Hall–Kier alpha value is -3.61. The standard InChI is InChI=1S/C44H73N7O13SSi/c1-27(2)66(28(3)4,60-25-31-37-38(63-44(7,8)62-37)40(61-31)51-24-29(14-15-35(54)57-9)39(45)50-42(51)56)64-43(5,6)17-16-34(53)47-19-21-59-23-22-58-20-18-46-33(52)13-11-10-12-32-36-30(26-65-32)48-41(55)49-36/h14-15,24,27-28,30-32,36-38,40H,10-13,16-23,25-26H2,1-9H3,(H,46,52)(H,47,53)(H2,45,50,56)(H2,48,49,55)/b15-14+/t30-,31-,32+,36-,37+,38+,40?/m1/s1. The summed E-state index contributed by atoms with van der Waals surface area (Å²) in [6.07, 6.45) is 5.05. The minimum absolute atomic E-state index is 0.00309. The second-order valence-electron chi connectivity index (χ2n) is 18.8. The Balaban J connectivity index is 0.995. The zero-order chi connectivity index (χ0) is 48.2. The molecule has 0 aromatic carbocycles. The van der Waals surface area contributed by atoms with Crippen molar-refractivity contribution in [1.29, 1.82) is 0 Å². The molecule has 0 spiro atoms. The predicted molar refractivity (Wildman–Crippen MR) is 250 cm³/mol. The van der Waals surface area contributed by atoms with Crippen molar-refractivity contribution in [2.45, 2.75) is 158 Å². The number of ether oxygens (including phenoxy) is 6. The van der Waals surface area contributed by atoms with Crippen LogP contribution in [0, 0.1) is 0 Å². The molecule has 1 aromatic rings. The van der Waals surface area contributed by atoms with Crippen molar-refractivity contribution < 1.29 is 56.5 Å². The highest BCUT2D eigenvalue weighted by Gasteiger charge is 2.58. The smallest absolute Gasteiger partial charge is 0.351 e. The summed E-state index contributed by atoms with van der Waals surface area (Å²) in [6, 6.07) is 0.327. The summed E-state index contributed by atoms with van der Waals surface area (Å²) in [7, 11) is -1.80. The summed E-state index contributed by atoms with van der Waals surface area (Å²) in [5.74, 6) is -0.814. The number of fused-ring (bicyclic) bond motifs is 2. The highest BCUT2D eigenvalue weighted by molar-refractivity contribution is 8.00. The van der Waals surface area contributed by atoms with Crippen molar-refractivity contribution in [3.05, 3.63) is 28.3 Å². The van der Waals surface area contributed by atoms with Gasteiger partial charge in [-0.25, -0.2) is 14.4 Å². The van der Waals surface area contributed by atoms with E-state index in [4.69, 9.17) is 38.3 Å². The van der Waals surface area contributed by atoms with Crippen LogP contribution in [-0.2, 0) is 51.7 Å². The van der Waals surface area contributed by atoms with Crippen LogP contribution in [0.3, 0.4) is 0 Å². The largest absolute Gasteiger partial charge is 0.466 e. The molecule has 5 heterocycles. The number of anilines is 1. The molecule has 4 amide bonds. The zero-order valence-corrected chi connectivity index (χ0v) is 41.8. The molecule has 4 aliphatic rings. The molecular formula is C44H73N7O13SSi. The Labute approximate surface area is 393 Å². The molecule has 4 aliphatic heterocycles. The number of hydrogen-bond donors (Lipinski definition) is 5. The van der Waals surface area contributed by atoms with Gasteiger partial charge in [-0.2, -0.15) is 16.7 Å². The maximum Gasteiger partial charge on any atom is 0.351 e. The minimum atomic E-state index is -3.06. The van der Waals surface area contributed by atoms with Crippen LogP contribution in [0.5, 0.6) is 0 Å². The number of nitrogens with two attached hydrogens (primary N) is 1. The number of unbranched alkanes of at least 4 members (excludes halogenated alkanes) is 1. The van der Waals surface area contributed by atoms with Crippen LogP contribution >= 0.6 is 11.8 Å². The van der Waals surface area contributed by atoms with Crippen LogP contribution in [0.1, 0.15) is 106 Å². The van der Waals surface area contributed by atoms with Crippen LogP contribution in [0.15, 0.2) is 17.1 Å². The van der Waals surface area contributed by atoms with Gasteiger partial charge in [0.15, 0.2) is 12.0 Å². The second-order valence-corrected chi connectivity index (χ2v) is 24.3. The summed E-state index contributed by atoms with van der Waals surface area (Å²) < 4.78 is 50.2. The molecule has 0 bridgehead atoms. The van der Waals surface area contributed by atoms with Gasteiger partial charge in [-0.05, 0) is 64.1 Å². The monoisotopic (exact) mass is 967 g/mol. The first-order chi connectivity index (χ1) is 31.2. The molecular weight excluding hydrogens is 895 g/mol. The summed E-state index contributed by atoms with van der Waals surface area (Å²) in [5.41, 5.74) is 4.98. The average molecular weight is 968 g/mol. The second kappa shape index (κ2) is 24.1. The first-order valence-corrected chi connectivity index (χ1v) is 26.1. The van der Waals surface area contributed by atoms with Crippen molar-refractivity contribution in [1.82, 2.24) is 30.8 Å². The lowest BCUT2D eigenvalue weighted by atomic mass is 10.0. The number of carbonyl (C=O) groups excluding carboxylic acids is 4. The van der Waals surface area contributed by atoms with Gasteiger partial charge in [0.1, 0.15) is 24.1 Å². The van der Waals surface area contributed by atoms with Crippen molar-refractivity contribution in [2.24, 2.45) is 0 Å². The Kier molecular flexibility index (Phi) is 19.5. The molecule has 20 nitrogen and oxygen atoms in total. The molecule has 0 radical (unpaired) electrons.